The molecule has 19 heavy (non-hydrogen) atoms. The third kappa shape index (κ3) is 6.58. The summed E-state index contributed by atoms with van der Waals surface area (Å²) < 4.78 is 0.849. The van der Waals surface area contributed by atoms with Crippen LogP contribution in [-0.4, -0.2) is 30.8 Å². The van der Waals surface area contributed by atoms with Crippen LogP contribution in [0.3, 0.4) is 0 Å². The highest BCUT2D eigenvalue weighted by molar-refractivity contribution is 8.39. The van der Waals surface area contributed by atoms with Crippen molar-refractivity contribution in [2.24, 2.45) is 5.10 Å². The van der Waals surface area contributed by atoms with Gasteiger partial charge in [-0.05, 0) is 0 Å². The minimum Gasteiger partial charge on any atom is -0.265 e. The number of nitrogens with one attached hydrogen (secondary N) is 1. The van der Waals surface area contributed by atoms with Crippen LogP contribution in [0.25, 0.3) is 0 Å². The lowest BCUT2D eigenvalue weighted by atomic mass is 10.4. The second-order valence-electron chi connectivity index (χ2n) is 4.24. The van der Waals surface area contributed by atoms with Crippen LogP contribution < -0.4 is 5.43 Å². The lowest BCUT2D eigenvalue weighted by Crippen LogP contribution is -2.20. The maximum Gasteiger partial charge on any atom is 0.291 e. The maximum atomic E-state index is 11.8. The third-order valence-corrected chi connectivity index (χ3v) is 3.82. The van der Waals surface area contributed by atoms with Crippen molar-refractivity contribution < 1.29 is 4.79 Å². The summed E-state index contributed by atoms with van der Waals surface area (Å²) in [5.41, 5.74) is 2.77. The van der Waals surface area contributed by atoms with Gasteiger partial charge in [-0.15, -0.1) is 0 Å². The molecule has 0 aromatic carbocycles. The van der Waals surface area contributed by atoms with Crippen LogP contribution in [0.2, 0.25) is 0 Å². The zero-order chi connectivity index (χ0) is 14.3. The number of thioether (sulfide) groups is 2. The highest BCUT2D eigenvalue weighted by Gasteiger charge is 2.10. The van der Waals surface area contributed by atoms with Crippen LogP contribution in [0.4, 0.5) is 0 Å². The van der Waals surface area contributed by atoms with Gasteiger partial charge in [0.05, 0.1) is 6.20 Å². The summed E-state index contributed by atoms with van der Waals surface area (Å²) in [5.74, 6) is -0.348. The number of hydrogen-bond acceptors (Lipinski definition) is 6. The van der Waals surface area contributed by atoms with Gasteiger partial charge in [0.25, 0.3) is 5.91 Å². The molecule has 0 aliphatic rings. The maximum absolute atomic E-state index is 11.8. The number of rotatable bonds is 4. The lowest BCUT2D eigenvalue weighted by Gasteiger charge is -2.10. The van der Waals surface area contributed by atoms with Gasteiger partial charge in [0.1, 0.15) is 5.69 Å². The van der Waals surface area contributed by atoms with Gasteiger partial charge >= 0.3 is 0 Å². The molecule has 1 aromatic rings. The fourth-order valence-electron chi connectivity index (χ4n) is 1.05. The van der Waals surface area contributed by atoms with Crippen LogP contribution in [0.15, 0.2) is 23.7 Å². The molecule has 1 N–H and O–H groups in total. The summed E-state index contributed by atoms with van der Waals surface area (Å²) in [5, 5.41) is 4.99. The van der Waals surface area contributed by atoms with Crippen molar-refractivity contribution in [2.75, 3.05) is 0 Å². The second kappa shape index (κ2) is 8.16. The summed E-state index contributed by atoms with van der Waals surface area (Å²) >= 11 is 3.25. The number of nitrogens with zero attached hydrogens (tertiary/aromatic N) is 3. The predicted octanol–water partition coefficient (Wildman–Crippen LogP) is 2.76. The van der Waals surface area contributed by atoms with Gasteiger partial charge < -0.3 is 0 Å². The fraction of sp³-hybridized carbons (Fsp3) is 0.500. The van der Waals surface area contributed by atoms with Crippen LogP contribution in [0, 0.1) is 0 Å². The second-order valence-corrected chi connectivity index (χ2v) is 7.63. The first-order valence-corrected chi connectivity index (χ1v) is 7.72. The van der Waals surface area contributed by atoms with Gasteiger partial charge in [-0.3, -0.25) is 9.78 Å². The summed E-state index contributed by atoms with van der Waals surface area (Å²) in [6.07, 6.45) is 4.41. The number of hydrogen-bond donors (Lipinski definition) is 1. The quantitative estimate of drug-likeness (QED) is 0.526. The van der Waals surface area contributed by atoms with E-state index in [9.17, 15) is 4.79 Å². The van der Waals surface area contributed by atoms with E-state index < -0.39 is 0 Å². The standard InChI is InChI=1S/C12H18N4OS2/c1-8(2)18-12(19-9(3)4)16-15-11(17)10-7-13-5-6-14-10/h5-9H,1-4H3,(H,15,17). The normalized spacial score (nSPS) is 10.6. The number of carbonyl (C=O) groups excluding carboxylic acids is 1. The molecular weight excluding hydrogens is 280 g/mol. The first-order valence-electron chi connectivity index (χ1n) is 5.96. The molecule has 1 aromatic heterocycles. The van der Waals surface area contributed by atoms with Crippen molar-refractivity contribution in [1.82, 2.24) is 15.4 Å². The van der Waals surface area contributed by atoms with E-state index in [0.29, 0.717) is 10.5 Å². The summed E-state index contributed by atoms with van der Waals surface area (Å²) in [6.45, 7) is 8.36. The van der Waals surface area contributed by atoms with E-state index in [1.807, 2.05) is 0 Å². The first-order chi connectivity index (χ1) is 8.99. The SMILES string of the molecule is CC(C)SC(=NNC(=O)c1cnccn1)SC(C)C. The molecule has 0 atom stereocenters. The van der Waals surface area contributed by atoms with Crippen molar-refractivity contribution >= 4 is 33.8 Å². The summed E-state index contributed by atoms with van der Waals surface area (Å²) in [4.78, 5) is 19.5. The average molecular weight is 298 g/mol. The van der Waals surface area contributed by atoms with Crippen LogP contribution in [0.5, 0.6) is 0 Å². The zero-order valence-electron chi connectivity index (χ0n) is 11.5. The molecular formula is C12H18N4OS2. The Labute approximate surface area is 122 Å². The molecule has 5 nitrogen and oxygen atoms in total. The van der Waals surface area contributed by atoms with Crippen molar-refractivity contribution in [1.29, 1.82) is 0 Å². The van der Waals surface area contributed by atoms with Gasteiger partial charge in [-0.1, -0.05) is 51.2 Å². The van der Waals surface area contributed by atoms with Crippen molar-refractivity contribution in [3.8, 4) is 0 Å². The largest absolute Gasteiger partial charge is 0.291 e. The van der Waals surface area contributed by atoms with E-state index in [4.69, 9.17) is 0 Å². The molecule has 0 unspecified atom stereocenters. The highest BCUT2D eigenvalue weighted by Crippen LogP contribution is 2.24. The molecule has 0 aliphatic heterocycles. The molecule has 0 aliphatic carbocycles. The average Bonchev–Trinajstić information content (AvgIpc) is 2.35. The Balaban J connectivity index is 2.66. The first kappa shape index (κ1) is 16.0. The smallest absolute Gasteiger partial charge is 0.265 e. The summed E-state index contributed by atoms with van der Waals surface area (Å²) in [6, 6.07) is 0. The van der Waals surface area contributed by atoms with E-state index in [-0.39, 0.29) is 11.6 Å². The van der Waals surface area contributed by atoms with E-state index in [2.05, 4.69) is 48.2 Å². The molecule has 1 rings (SSSR count). The van der Waals surface area contributed by atoms with E-state index in [1.54, 1.807) is 23.5 Å². The Morgan fingerprint density at radius 3 is 2.32 bits per heavy atom. The Morgan fingerprint density at radius 2 is 1.84 bits per heavy atom. The Bertz CT molecular complexity index is 423. The van der Waals surface area contributed by atoms with Crippen LogP contribution >= 0.6 is 23.5 Å². The number of aromatic nitrogens is 2. The number of hydrazone groups is 1. The van der Waals surface area contributed by atoms with Gasteiger partial charge in [0.15, 0.2) is 4.38 Å². The predicted molar refractivity (Wildman–Crippen MR) is 82.4 cm³/mol. The minimum atomic E-state index is -0.348. The van der Waals surface area contributed by atoms with Crippen molar-refractivity contribution in [2.45, 2.75) is 38.2 Å². The molecule has 0 bridgehead atoms. The van der Waals surface area contributed by atoms with E-state index >= 15 is 0 Å². The van der Waals surface area contributed by atoms with Gasteiger partial charge in [-0.2, -0.15) is 5.10 Å². The molecule has 0 radical (unpaired) electrons. The topological polar surface area (TPSA) is 67.2 Å². The molecule has 104 valence electrons. The van der Waals surface area contributed by atoms with Crippen LogP contribution in [-0.2, 0) is 0 Å². The van der Waals surface area contributed by atoms with Crippen LogP contribution in [0.1, 0.15) is 38.2 Å². The van der Waals surface area contributed by atoms with E-state index in [0.717, 1.165) is 4.38 Å². The molecule has 0 fully saturated rings. The van der Waals surface area contributed by atoms with Gasteiger partial charge in [0, 0.05) is 22.9 Å². The number of carbonyl (C=O) groups is 1. The molecule has 0 saturated heterocycles. The lowest BCUT2D eigenvalue weighted by molar-refractivity contribution is 0.0950. The monoisotopic (exact) mass is 298 g/mol. The minimum absolute atomic E-state index is 0.259. The Morgan fingerprint density at radius 1 is 1.21 bits per heavy atom. The molecule has 0 spiro atoms. The molecule has 7 heteroatoms. The van der Waals surface area contributed by atoms with Crippen molar-refractivity contribution in [3.05, 3.63) is 24.3 Å². The summed E-state index contributed by atoms with van der Waals surface area (Å²) in [7, 11) is 0. The Kier molecular flexibility index (Phi) is 6.86. The number of amides is 1. The van der Waals surface area contributed by atoms with Crippen molar-refractivity contribution in [3.63, 3.8) is 0 Å². The third-order valence-electron chi connectivity index (χ3n) is 1.72. The molecule has 1 amide bonds. The zero-order valence-corrected chi connectivity index (χ0v) is 13.1. The molecule has 0 saturated carbocycles. The fourth-order valence-corrected chi connectivity index (χ4v) is 3.43. The van der Waals surface area contributed by atoms with E-state index in [1.165, 1.54) is 18.6 Å². The molecule has 1 heterocycles. The Hall–Kier alpha value is -1.08. The highest BCUT2D eigenvalue weighted by atomic mass is 32.2. The van der Waals surface area contributed by atoms with Gasteiger partial charge in [-0.25, -0.2) is 10.4 Å². The van der Waals surface area contributed by atoms with Gasteiger partial charge in [0.2, 0.25) is 0 Å².